The molecule has 0 spiro atoms. The van der Waals surface area contributed by atoms with Crippen LogP contribution in [0.3, 0.4) is 0 Å². The third-order valence-electron chi connectivity index (χ3n) is 5.78. The Kier molecular flexibility index (Phi) is 7.21. The summed E-state index contributed by atoms with van der Waals surface area (Å²) in [6, 6.07) is 14.7. The summed E-state index contributed by atoms with van der Waals surface area (Å²) in [5.74, 6) is -0.388. The summed E-state index contributed by atoms with van der Waals surface area (Å²) in [4.78, 5) is 12.9. The lowest BCUT2D eigenvalue weighted by molar-refractivity contribution is 0.102. The molecule has 1 aliphatic rings. The van der Waals surface area contributed by atoms with E-state index < -0.39 is 10.0 Å². The highest BCUT2D eigenvalue weighted by atomic mass is 32.2. The number of hydrogen-bond donors (Lipinski definition) is 1. The average Bonchev–Trinajstić information content (AvgIpc) is 3.32. The topological polar surface area (TPSA) is 92.3 Å². The molecule has 2 heterocycles. The first-order valence-electron chi connectivity index (χ1n) is 11.2. The molecule has 3 aromatic rings. The molecule has 4 rings (SSSR count). The molecular formula is C24H28N4O3S2. The first-order valence-corrected chi connectivity index (χ1v) is 13.4. The summed E-state index contributed by atoms with van der Waals surface area (Å²) in [7, 11) is -3.58. The summed E-state index contributed by atoms with van der Waals surface area (Å²) < 4.78 is 27.9. The van der Waals surface area contributed by atoms with Gasteiger partial charge in [-0.15, -0.1) is 10.2 Å². The van der Waals surface area contributed by atoms with Gasteiger partial charge in [0, 0.05) is 24.7 Å². The van der Waals surface area contributed by atoms with Gasteiger partial charge in [-0.25, -0.2) is 8.42 Å². The highest BCUT2D eigenvalue weighted by Crippen LogP contribution is 2.32. The number of carbonyl (C=O) groups excluding carboxylic acids is 1. The molecule has 0 saturated carbocycles. The van der Waals surface area contributed by atoms with Crippen molar-refractivity contribution in [2.45, 2.75) is 50.3 Å². The third-order valence-corrected chi connectivity index (χ3v) is 8.74. The molecule has 1 saturated heterocycles. The van der Waals surface area contributed by atoms with Gasteiger partial charge in [0.1, 0.15) is 5.01 Å². The maximum absolute atomic E-state index is 13.2. The van der Waals surface area contributed by atoms with Crippen LogP contribution in [0, 0.1) is 6.92 Å². The fourth-order valence-corrected chi connectivity index (χ4v) is 6.33. The predicted molar refractivity (Wildman–Crippen MR) is 130 cm³/mol. The Morgan fingerprint density at radius 3 is 2.55 bits per heavy atom. The zero-order chi connectivity index (χ0) is 23.4. The molecule has 0 aliphatic carbocycles. The van der Waals surface area contributed by atoms with Crippen LogP contribution < -0.4 is 5.32 Å². The van der Waals surface area contributed by atoms with E-state index in [1.807, 2.05) is 43.3 Å². The molecule has 1 N–H and O–H groups in total. The number of nitrogens with one attached hydrogen (secondary N) is 1. The lowest BCUT2D eigenvalue weighted by Gasteiger charge is -2.30. The molecule has 174 valence electrons. The molecular weight excluding hydrogens is 456 g/mol. The minimum absolute atomic E-state index is 0.0775. The second kappa shape index (κ2) is 10.1. The number of hydrogen-bond acceptors (Lipinski definition) is 6. The number of piperidine rings is 1. The average molecular weight is 485 g/mol. The van der Waals surface area contributed by atoms with E-state index in [-0.39, 0.29) is 16.8 Å². The van der Waals surface area contributed by atoms with E-state index in [0.717, 1.165) is 36.8 Å². The number of amides is 1. The second-order valence-corrected chi connectivity index (χ2v) is 11.3. The van der Waals surface area contributed by atoms with Crippen LogP contribution in [-0.4, -0.2) is 41.9 Å². The lowest BCUT2D eigenvalue weighted by atomic mass is 10.0. The van der Waals surface area contributed by atoms with Crippen LogP contribution in [0.2, 0.25) is 0 Å². The van der Waals surface area contributed by atoms with Gasteiger partial charge in [-0.2, -0.15) is 4.31 Å². The Labute approximate surface area is 198 Å². The zero-order valence-corrected chi connectivity index (χ0v) is 20.5. The fourth-order valence-electron chi connectivity index (χ4n) is 3.94. The van der Waals surface area contributed by atoms with E-state index in [1.165, 1.54) is 15.6 Å². The first-order chi connectivity index (χ1) is 15.9. The van der Waals surface area contributed by atoms with Crippen molar-refractivity contribution >= 4 is 33.0 Å². The molecule has 33 heavy (non-hydrogen) atoms. The van der Waals surface area contributed by atoms with Crippen LogP contribution in [-0.2, 0) is 16.4 Å². The van der Waals surface area contributed by atoms with Gasteiger partial charge < -0.3 is 5.32 Å². The maximum Gasteiger partial charge on any atom is 0.286 e. The lowest BCUT2D eigenvalue weighted by Crippen LogP contribution is -2.39. The molecule has 0 unspecified atom stereocenters. The van der Waals surface area contributed by atoms with E-state index >= 15 is 0 Å². The quantitative estimate of drug-likeness (QED) is 0.528. The van der Waals surface area contributed by atoms with Gasteiger partial charge in [0.15, 0.2) is 0 Å². The van der Waals surface area contributed by atoms with Crippen LogP contribution in [0.25, 0.3) is 0 Å². The smallest absolute Gasteiger partial charge is 0.286 e. The van der Waals surface area contributed by atoms with Gasteiger partial charge in [0.25, 0.3) is 5.91 Å². The molecule has 1 aliphatic heterocycles. The van der Waals surface area contributed by atoms with Gasteiger partial charge >= 0.3 is 0 Å². The van der Waals surface area contributed by atoms with E-state index in [2.05, 4.69) is 22.4 Å². The highest BCUT2D eigenvalue weighted by molar-refractivity contribution is 7.89. The number of carbonyl (C=O) groups is 1. The van der Waals surface area contributed by atoms with E-state index in [0.29, 0.717) is 28.7 Å². The summed E-state index contributed by atoms with van der Waals surface area (Å²) in [5.41, 5.74) is 2.94. The van der Waals surface area contributed by atoms with Crippen molar-refractivity contribution in [3.8, 4) is 0 Å². The monoisotopic (exact) mass is 484 g/mol. The van der Waals surface area contributed by atoms with Crippen LogP contribution in [0.4, 0.5) is 5.69 Å². The van der Waals surface area contributed by atoms with Crippen LogP contribution in [0.1, 0.15) is 58.0 Å². The number of nitrogens with zero attached hydrogens (tertiary/aromatic N) is 3. The SMILES string of the molecule is CCCc1ccc(S(=O)(=O)N2CCC[C@@H](c3nnc(C(=O)Nc4ccc(C)cc4)s3)C2)cc1. The standard InChI is InChI=1S/C24H28N4O3S2/c1-3-5-18-9-13-21(14-10-18)33(30,31)28-15-4-6-19(16-28)23-26-27-24(32-23)22(29)25-20-11-7-17(2)8-12-20/h7-14,19H,3-6,15-16H2,1-2H3,(H,25,29)/t19-/m1/s1. The minimum Gasteiger partial charge on any atom is -0.320 e. The largest absolute Gasteiger partial charge is 0.320 e. The van der Waals surface area contributed by atoms with Crippen molar-refractivity contribution in [3.05, 3.63) is 69.7 Å². The van der Waals surface area contributed by atoms with E-state index in [9.17, 15) is 13.2 Å². The van der Waals surface area contributed by atoms with Gasteiger partial charge in [0.05, 0.1) is 4.90 Å². The number of aryl methyl sites for hydroxylation is 2. The summed E-state index contributed by atoms with van der Waals surface area (Å²) in [6.45, 7) is 4.91. The Morgan fingerprint density at radius 1 is 1.12 bits per heavy atom. The molecule has 1 atom stereocenters. The zero-order valence-electron chi connectivity index (χ0n) is 18.8. The van der Waals surface area contributed by atoms with Crippen molar-refractivity contribution in [3.63, 3.8) is 0 Å². The molecule has 1 fully saturated rings. The summed E-state index contributed by atoms with van der Waals surface area (Å²) in [6.07, 6.45) is 3.51. The fraction of sp³-hybridized carbons (Fsp3) is 0.375. The molecule has 1 amide bonds. The molecule has 7 nitrogen and oxygen atoms in total. The van der Waals surface area contributed by atoms with E-state index in [4.69, 9.17) is 0 Å². The van der Waals surface area contributed by atoms with Crippen LogP contribution in [0.15, 0.2) is 53.4 Å². The maximum atomic E-state index is 13.2. The highest BCUT2D eigenvalue weighted by Gasteiger charge is 2.32. The molecule has 2 aromatic carbocycles. The van der Waals surface area contributed by atoms with Crippen molar-refractivity contribution in [2.75, 3.05) is 18.4 Å². The number of aromatic nitrogens is 2. The molecule has 0 radical (unpaired) electrons. The van der Waals surface area contributed by atoms with Crippen molar-refractivity contribution in [1.82, 2.24) is 14.5 Å². The van der Waals surface area contributed by atoms with Gasteiger partial charge in [-0.3, -0.25) is 4.79 Å². The van der Waals surface area contributed by atoms with Crippen LogP contribution in [0.5, 0.6) is 0 Å². The van der Waals surface area contributed by atoms with Gasteiger partial charge in [-0.05, 0) is 56.0 Å². The van der Waals surface area contributed by atoms with E-state index in [1.54, 1.807) is 12.1 Å². The predicted octanol–water partition coefficient (Wildman–Crippen LogP) is 4.62. The Balaban J connectivity index is 1.44. The van der Waals surface area contributed by atoms with Crippen LogP contribution >= 0.6 is 11.3 Å². The molecule has 0 bridgehead atoms. The van der Waals surface area contributed by atoms with Crippen molar-refractivity contribution in [2.24, 2.45) is 0 Å². The van der Waals surface area contributed by atoms with Crippen molar-refractivity contribution in [1.29, 1.82) is 0 Å². The Bertz CT molecular complexity index is 1210. The first kappa shape index (κ1) is 23.5. The molecule has 1 aromatic heterocycles. The Hall–Kier alpha value is -2.62. The van der Waals surface area contributed by atoms with Crippen molar-refractivity contribution < 1.29 is 13.2 Å². The minimum atomic E-state index is -3.58. The summed E-state index contributed by atoms with van der Waals surface area (Å²) in [5, 5.41) is 12.1. The number of benzene rings is 2. The van der Waals surface area contributed by atoms with Gasteiger partial charge in [0.2, 0.25) is 15.0 Å². The normalized spacial score (nSPS) is 17.1. The van der Waals surface area contributed by atoms with Gasteiger partial charge in [-0.1, -0.05) is 54.5 Å². The number of anilines is 1. The Morgan fingerprint density at radius 2 is 1.85 bits per heavy atom. The third kappa shape index (κ3) is 5.48. The summed E-state index contributed by atoms with van der Waals surface area (Å²) >= 11 is 1.23. The number of rotatable bonds is 7. The molecule has 9 heteroatoms. The number of sulfonamides is 1. The second-order valence-electron chi connectivity index (χ2n) is 8.36.